The smallest absolute Gasteiger partial charge is 0.241 e. The van der Waals surface area contributed by atoms with Crippen molar-refractivity contribution in [2.24, 2.45) is 5.92 Å². The zero-order valence-corrected chi connectivity index (χ0v) is 21.2. The Bertz CT molecular complexity index is 1020. The zero-order valence-electron chi connectivity index (χ0n) is 21.2. The van der Waals surface area contributed by atoms with Crippen molar-refractivity contribution in [3.05, 3.63) is 35.4 Å². The van der Waals surface area contributed by atoms with Gasteiger partial charge < -0.3 is 14.5 Å². The number of ether oxygens (including phenoxy) is 1. The highest BCUT2D eigenvalue weighted by Gasteiger charge is 2.56. The molecule has 0 bridgehead atoms. The number of rotatable bonds is 5. The number of carbonyl (C=O) groups is 4. The fraction of sp³-hybridized carbons (Fsp3) is 0.643. The number of amides is 4. The molecule has 0 spiro atoms. The summed E-state index contributed by atoms with van der Waals surface area (Å²) < 4.78 is 5.36. The minimum atomic E-state index is -1.15. The molecule has 8 nitrogen and oxygen atoms in total. The molecule has 1 aliphatic carbocycles. The first kappa shape index (κ1) is 24.9. The Kier molecular flexibility index (Phi) is 7.15. The number of nitrogens with zero attached hydrogens (tertiary/aromatic N) is 3. The molecule has 1 saturated carbocycles. The summed E-state index contributed by atoms with van der Waals surface area (Å²) in [5, 5.41) is 0. The zero-order chi connectivity index (χ0) is 25.3. The summed E-state index contributed by atoms with van der Waals surface area (Å²) in [4.78, 5) is 58.9. The van der Waals surface area contributed by atoms with E-state index in [1.807, 2.05) is 36.1 Å². The number of aryl methyl sites for hydroxylation is 1. The molecule has 36 heavy (non-hydrogen) atoms. The van der Waals surface area contributed by atoms with E-state index in [9.17, 15) is 19.2 Å². The van der Waals surface area contributed by atoms with E-state index < -0.39 is 5.41 Å². The third kappa shape index (κ3) is 4.56. The van der Waals surface area contributed by atoms with E-state index in [2.05, 4.69) is 0 Å². The molecule has 1 aromatic rings. The first-order valence-corrected chi connectivity index (χ1v) is 13.5. The summed E-state index contributed by atoms with van der Waals surface area (Å²) in [7, 11) is 0. The van der Waals surface area contributed by atoms with Crippen molar-refractivity contribution in [2.75, 3.05) is 39.4 Å². The van der Waals surface area contributed by atoms with Gasteiger partial charge in [0, 0.05) is 51.0 Å². The molecule has 0 aromatic heterocycles. The van der Waals surface area contributed by atoms with Crippen molar-refractivity contribution in [2.45, 2.75) is 69.7 Å². The quantitative estimate of drug-likeness (QED) is 0.586. The third-order valence-electron chi connectivity index (χ3n) is 8.67. The van der Waals surface area contributed by atoms with Crippen LogP contribution in [0.4, 0.5) is 0 Å². The van der Waals surface area contributed by atoms with Gasteiger partial charge in [-0.2, -0.15) is 0 Å². The molecule has 1 atom stereocenters. The highest BCUT2D eigenvalue weighted by molar-refractivity contribution is 6.11. The van der Waals surface area contributed by atoms with Gasteiger partial charge in [-0.1, -0.05) is 37.1 Å². The van der Waals surface area contributed by atoms with Crippen LogP contribution in [-0.4, -0.2) is 83.8 Å². The SMILES string of the molecule is Cc1ccccc1C1(CC(=O)N2CCC(C(=O)N3CCOCC3)CC2)CC(=O)N(C2CCCC2)C1=O. The number of piperidine rings is 1. The standard InChI is InChI=1S/C28H37N3O5/c1-20-6-2-5-9-23(20)28(19-25(33)31(27(28)35)22-7-3-4-8-22)18-24(32)29-12-10-21(11-13-29)26(34)30-14-16-36-17-15-30/h2,5-6,9,21-22H,3-4,7-8,10-19H2,1H3. The molecule has 1 unspecified atom stereocenters. The van der Waals surface area contributed by atoms with E-state index in [1.54, 1.807) is 4.90 Å². The highest BCUT2D eigenvalue weighted by Crippen LogP contribution is 2.44. The fourth-order valence-electron chi connectivity index (χ4n) is 6.64. The summed E-state index contributed by atoms with van der Waals surface area (Å²) in [5.74, 6) is -0.391. The van der Waals surface area contributed by atoms with Crippen LogP contribution in [0.3, 0.4) is 0 Å². The van der Waals surface area contributed by atoms with Crippen LogP contribution in [0, 0.1) is 12.8 Å². The summed E-state index contributed by atoms with van der Waals surface area (Å²) >= 11 is 0. The van der Waals surface area contributed by atoms with Crippen LogP contribution in [0.1, 0.15) is 62.5 Å². The van der Waals surface area contributed by atoms with Crippen molar-refractivity contribution in [3.63, 3.8) is 0 Å². The lowest BCUT2D eigenvalue weighted by Crippen LogP contribution is -2.49. The lowest BCUT2D eigenvalue weighted by molar-refractivity contribution is -0.146. The molecule has 8 heteroatoms. The van der Waals surface area contributed by atoms with Crippen LogP contribution < -0.4 is 0 Å². The van der Waals surface area contributed by atoms with Gasteiger partial charge >= 0.3 is 0 Å². The largest absolute Gasteiger partial charge is 0.378 e. The van der Waals surface area contributed by atoms with Gasteiger partial charge in [-0.3, -0.25) is 24.1 Å². The molecule has 3 saturated heterocycles. The molecule has 1 aromatic carbocycles. The lowest BCUT2D eigenvalue weighted by atomic mass is 9.73. The topological polar surface area (TPSA) is 87.2 Å². The van der Waals surface area contributed by atoms with Crippen LogP contribution in [0.5, 0.6) is 0 Å². The van der Waals surface area contributed by atoms with Crippen LogP contribution in [0.25, 0.3) is 0 Å². The predicted octanol–water partition coefficient (Wildman–Crippen LogP) is 2.42. The number of likely N-dealkylation sites (tertiary alicyclic amines) is 2. The van der Waals surface area contributed by atoms with Crippen molar-refractivity contribution in [1.82, 2.24) is 14.7 Å². The average Bonchev–Trinajstić information content (AvgIpc) is 3.50. The van der Waals surface area contributed by atoms with Crippen LogP contribution in [-0.2, 0) is 29.3 Å². The van der Waals surface area contributed by atoms with Crippen molar-refractivity contribution in [3.8, 4) is 0 Å². The van der Waals surface area contributed by atoms with Crippen LogP contribution in [0.2, 0.25) is 0 Å². The third-order valence-corrected chi connectivity index (χ3v) is 8.67. The number of carbonyl (C=O) groups excluding carboxylic acids is 4. The Labute approximate surface area is 212 Å². The number of hydrogen-bond acceptors (Lipinski definition) is 5. The van der Waals surface area contributed by atoms with Crippen molar-refractivity contribution in [1.29, 1.82) is 0 Å². The fourth-order valence-corrected chi connectivity index (χ4v) is 6.64. The summed E-state index contributed by atoms with van der Waals surface area (Å²) in [6.45, 7) is 5.36. The van der Waals surface area contributed by atoms with Gasteiger partial charge in [-0.05, 0) is 43.7 Å². The maximum Gasteiger partial charge on any atom is 0.241 e. The Balaban J connectivity index is 1.32. The van der Waals surface area contributed by atoms with E-state index in [4.69, 9.17) is 4.74 Å². The first-order chi connectivity index (χ1) is 17.4. The van der Waals surface area contributed by atoms with Gasteiger partial charge in [0.1, 0.15) is 0 Å². The monoisotopic (exact) mass is 495 g/mol. The number of imide groups is 1. The molecule has 5 rings (SSSR count). The second-order valence-electron chi connectivity index (χ2n) is 10.9. The molecule has 4 fully saturated rings. The summed E-state index contributed by atoms with van der Waals surface area (Å²) in [6, 6.07) is 7.60. The van der Waals surface area contributed by atoms with E-state index in [1.165, 1.54) is 4.90 Å². The average molecular weight is 496 g/mol. The Morgan fingerprint density at radius 2 is 1.61 bits per heavy atom. The molecular weight excluding hydrogens is 458 g/mol. The highest BCUT2D eigenvalue weighted by atomic mass is 16.5. The maximum absolute atomic E-state index is 14.0. The second kappa shape index (κ2) is 10.3. The van der Waals surface area contributed by atoms with Gasteiger partial charge in [-0.25, -0.2) is 0 Å². The molecule has 0 N–H and O–H groups in total. The molecule has 3 aliphatic heterocycles. The second-order valence-corrected chi connectivity index (χ2v) is 10.9. The van der Waals surface area contributed by atoms with E-state index >= 15 is 0 Å². The number of hydrogen-bond donors (Lipinski definition) is 0. The first-order valence-electron chi connectivity index (χ1n) is 13.5. The molecule has 0 radical (unpaired) electrons. The lowest BCUT2D eigenvalue weighted by Gasteiger charge is -2.37. The normalized spacial score (nSPS) is 26.2. The van der Waals surface area contributed by atoms with Gasteiger partial charge in [0.25, 0.3) is 0 Å². The van der Waals surface area contributed by atoms with E-state index in [0.717, 1.165) is 36.8 Å². The van der Waals surface area contributed by atoms with Gasteiger partial charge in [-0.15, -0.1) is 0 Å². The molecule has 4 amide bonds. The molecule has 3 heterocycles. The number of benzene rings is 1. The minimum Gasteiger partial charge on any atom is -0.378 e. The Morgan fingerprint density at radius 1 is 0.944 bits per heavy atom. The van der Waals surface area contributed by atoms with Crippen LogP contribution in [0.15, 0.2) is 24.3 Å². The Hall–Kier alpha value is -2.74. The maximum atomic E-state index is 14.0. The van der Waals surface area contributed by atoms with E-state index in [-0.39, 0.29) is 48.4 Å². The minimum absolute atomic E-state index is 0.00623. The van der Waals surface area contributed by atoms with Crippen molar-refractivity contribution < 1.29 is 23.9 Å². The van der Waals surface area contributed by atoms with E-state index in [0.29, 0.717) is 52.2 Å². The molecule has 4 aliphatic rings. The number of morpholine rings is 1. The molecule has 194 valence electrons. The van der Waals surface area contributed by atoms with Gasteiger partial charge in [0.2, 0.25) is 23.6 Å². The predicted molar refractivity (Wildman–Crippen MR) is 133 cm³/mol. The Morgan fingerprint density at radius 3 is 2.28 bits per heavy atom. The van der Waals surface area contributed by atoms with Crippen molar-refractivity contribution >= 4 is 23.6 Å². The summed E-state index contributed by atoms with van der Waals surface area (Å²) in [5.41, 5.74) is 0.562. The van der Waals surface area contributed by atoms with Gasteiger partial charge in [0.05, 0.1) is 18.6 Å². The van der Waals surface area contributed by atoms with Gasteiger partial charge in [0.15, 0.2) is 0 Å². The molecular formula is C28H37N3O5. The van der Waals surface area contributed by atoms with Crippen LogP contribution >= 0.6 is 0 Å². The summed E-state index contributed by atoms with van der Waals surface area (Å²) in [6.07, 6.45) is 5.03.